The highest BCUT2D eigenvalue weighted by molar-refractivity contribution is 7.99. The van der Waals surface area contributed by atoms with Crippen LogP contribution in [0.3, 0.4) is 0 Å². The van der Waals surface area contributed by atoms with Gasteiger partial charge in [-0.1, -0.05) is 72.8 Å². The monoisotopic (exact) mass is 1480 g/mol. The molecule has 0 saturated carbocycles. The molecule has 16 rings (SSSR count). The number of piperazine rings is 1. The van der Waals surface area contributed by atoms with E-state index >= 15 is 0 Å². The maximum absolute atomic E-state index is 13.4. The number of likely N-dealkylation sites (tertiary alicyclic amines) is 4. The molecule has 568 valence electrons. The fourth-order valence-corrected chi connectivity index (χ4v) is 17.6. The van der Waals surface area contributed by atoms with E-state index in [0.29, 0.717) is 87.2 Å². The second-order valence-electron chi connectivity index (χ2n) is 29.8. The van der Waals surface area contributed by atoms with Crippen molar-refractivity contribution in [2.45, 2.75) is 145 Å². The number of urea groups is 2. The quantitative estimate of drug-likeness (QED) is 0.124. The van der Waals surface area contributed by atoms with Gasteiger partial charge in [-0.2, -0.15) is 32.8 Å². The summed E-state index contributed by atoms with van der Waals surface area (Å²) in [5.41, 5.74) is 30.7. The van der Waals surface area contributed by atoms with Crippen molar-refractivity contribution in [2.75, 3.05) is 116 Å². The van der Waals surface area contributed by atoms with Crippen LogP contribution in [-0.2, 0) is 40.5 Å². The number of carbonyl (C=O) groups excluding carboxylic acids is 4. The number of nitrogens with zero attached hydrogens (tertiary/aromatic N) is 17. The van der Waals surface area contributed by atoms with Gasteiger partial charge in [0.1, 0.15) is 29.5 Å². The third-order valence-corrected chi connectivity index (χ3v) is 23.4. The molecule has 0 bridgehead atoms. The number of hydrogen-bond acceptors (Lipinski definition) is 22. The fraction of sp³-hybridized carbons (Fsp3) is 0.512. The van der Waals surface area contributed by atoms with Crippen LogP contribution in [-0.4, -0.2) is 253 Å². The number of nitrogens with one attached hydrogen (secondary N) is 1. The van der Waals surface area contributed by atoms with E-state index in [0.717, 1.165) is 194 Å². The van der Waals surface area contributed by atoms with Crippen LogP contribution in [0.15, 0.2) is 138 Å². The third-order valence-electron chi connectivity index (χ3n) is 22.3. The number of ether oxygens (including phenoxy) is 1. The van der Waals surface area contributed by atoms with E-state index in [1.54, 1.807) is 21.9 Å². The molecule has 0 aliphatic carbocycles. The van der Waals surface area contributed by atoms with Crippen LogP contribution >= 0.6 is 11.8 Å². The Hall–Kier alpha value is -9.88. The van der Waals surface area contributed by atoms with Crippen molar-refractivity contribution in [1.29, 1.82) is 21.0 Å². The number of guanidine groups is 1. The minimum atomic E-state index is -0.290. The van der Waals surface area contributed by atoms with Gasteiger partial charge in [-0.3, -0.25) is 34.1 Å². The van der Waals surface area contributed by atoms with Crippen molar-refractivity contribution < 1.29 is 23.9 Å². The molecular weight excluding hydrogens is 1380 g/mol. The minimum absolute atomic E-state index is 0.0460. The lowest BCUT2D eigenvalue weighted by molar-refractivity contribution is -0.140. The number of piperidine rings is 5. The second-order valence-corrected chi connectivity index (χ2v) is 30.9. The molecule has 12 aliphatic heterocycles. The zero-order valence-electron chi connectivity index (χ0n) is 61.8. The molecule has 8 saturated heterocycles. The Morgan fingerprint density at radius 1 is 0.472 bits per heavy atom. The van der Waals surface area contributed by atoms with Crippen LogP contribution in [0.4, 0.5) is 9.59 Å². The van der Waals surface area contributed by atoms with Gasteiger partial charge < -0.3 is 67.3 Å². The summed E-state index contributed by atoms with van der Waals surface area (Å²) in [6.45, 7) is 13.6. The molecule has 8 atom stereocenters. The van der Waals surface area contributed by atoms with Gasteiger partial charge in [0.25, 0.3) is 11.8 Å². The maximum atomic E-state index is 13.4. The van der Waals surface area contributed by atoms with Crippen LogP contribution in [0, 0.1) is 45.3 Å². The second kappa shape index (κ2) is 35.9. The van der Waals surface area contributed by atoms with E-state index in [1.165, 1.54) is 0 Å². The Bertz CT molecular complexity index is 3670. The maximum Gasteiger partial charge on any atom is 0.328 e. The predicted octanol–water partition coefficient (Wildman–Crippen LogP) is 5.48. The number of carbonyl (C=O) groups is 4. The molecule has 0 aromatic heterocycles. The average Bonchev–Trinajstić information content (AvgIpc) is 0.790. The van der Waals surface area contributed by atoms with Crippen molar-refractivity contribution >= 4 is 41.6 Å². The first kappa shape index (κ1) is 76.3. The molecule has 6 amide bonds. The largest absolute Gasteiger partial charge is 0.375 e. The molecule has 0 radical (unpaired) electrons. The zero-order valence-corrected chi connectivity index (χ0v) is 62.6. The first-order valence-electron chi connectivity index (χ1n) is 38.5. The summed E-state index contributed by atoms with van der Waals surface area (Å²) in [6, 6.07) is 39.2. The normalized spacial score (nSPS) is 25.7. The average molecular weight is 1480 g/mol. The van der Waals surface area contributed by atoms with Gasteiger partial charge in [0.15, 0.2) is 6.17 Å². The number of amides is 6. The van der Waals surface area contributed by atoms with Crippen LogP contribution in [0.1, 0.15) is 115 Å². The van der Waals surface area contributed by atoms with E-state index in [4.69, 9.17) is 32.7 Å². The number of hydrogen-bond donors (Lipinski definition) is 5. The summed E-state index contributed by atoms with van der Waals surface area (Å²) in [5.74, 6) is 5.63. The van der Waals surface area contributed by atoms with Crippen LogP contribution in [0.5, 0.6) is 0 Å². The highest BCUT2D eigenvalue weighted by Gasteiger charge is 2.44. The van der Waals surface area contributed by atoms with Crippen molar-refractivity contribution in [3.63, 3.8) is 0 Å². The number of aliphatic imine (C=N–C) groups is 1. The molecule has 12 aliphatic rings. The van der Waals surface area contributed by atoms with Gasteiger partial charge in [0.2, 0.25) is 5.96 Å². The summed E-state index contributed by atoms with van der Waals surface area (Å²) in [4.78, 5) is 82.5. The van der Waals surface area contributed by atoms with Crippen molar-refractivity contribution in [1.82, 2.24) is 64.1 Å². The smallest absolute Gasteiger partial charge is 0.328 e. The summed E-state index contributed by atoms with van der Waals surface area (Å²) < 4.78 is 5.53. The standard InChI is InChI=1S/C21H27N5O.C20H26N6O.C20H25N5OS.C19H24N6O2/c22-12-16-6-1-2-7-17(16)13-26-20(25-11-5-8-18(23)14-25)15-24-10-4-3-9-19(24)21(26)27;21-10-15-4-1-2-5-16(15)12-26-19(25-8-3-6-17(22)13-25)14-24-9-7-23-11-18(24)20(26)27;21-11-15-4-1-2-5-16(15)12-25-19(23-7-3-6-17(22)13-23)10-18-14-27-9-8-24(18)20(25)26;20-10-14-4-1-2-5-15(14)11-25-18(23-7-3-6-16(21)12-23)22-17-13-27-9-8-24(17)19(25)26/h1-2,6-7,15,18-19H,3-5,8-11,13-14,23H2;1-2,4-5,14,17-18,23H,3,6-9,11-13,22H2;1-2,4-5,10,17-18H,3,6-9,12-14,22H2;1-2,4-5,16-17H,3,6-9,11-13,21H2/t18-,19?;2*17-,18?;16-,17?/m1111/s1. The Labute approximate surface area is 638 Å². The Morgan fingerprint density at radius 3 is 1.43 bits per heavy atom. The number of morpholine rings is 1. The molecule has 108 heavy (non-hydrogen) atoms. The highest BCUT2D eigenvalue weighted by Crippen LogP contribution is 2.35. The summed E-state index contributed by atoms with van der Waals surface area (Å²) in [6.07, 6.45) is 17.5. The SMILES string of the molecule is N#Cc1ccccc1CN1C(=O)C2CCCCN2C=C1N1CCC[C@@H](N)C1.N#Cc1ccccc1CN1C(=O)C2CNCCN2C=C1N1CCC[C@@H](N)C1.N#Cc1ccccc1CN1C(=O)N2CCOCC2N=C1N1CCC[C@@H](N)C1.N#Cc1ccccc1CN1C(=O)N2CCSCC2C=C1N1CCC[C@@H](N)C1. The molecular formula is C80H102N22O5S. The number of nitriles is 4. The number of thioether (sulfide) groups is 1. The lowest BCUT2D eigenvalue weighted by Gasteiger charge is -2.47. The highest BCUT2D eigenvalue weighted by atomic mass is 32.2. The molecule has 8 fully saturated rings. The number of fused-ring (bicyclic) bond motifs is 4. The van der Waals surface area contributed by atoms with Gasteiger partial charge in [-0.15, -0.1) is 0 Å². The van der Waals surface area contributed by atoms with Crippen molar-refractivity contribution in [3.05, 3.63) is 178 Å². The van der Waals surface area contributed by atoms with Crippen LogP contribution < -0.4 is 28.3 Å². The van der Waals surface area contributed by atoms with Gasteiger partial charge in [0, 0.05) is 140 Å². The van der Waals surface area contributed by atoms with E-state index < -0.39 is 0 Å². The fourth-order valence-electron chi connectivity index (χ4n) is 16.6. The van der Waals surface area contributed by atoms with E-state index in [1.807, 2.05) is 116 Å². The first-order valence-corrected chi connectivity index (χ1v) is 39.7. The van der Waals surface area contributed by atoms with Gasteiger partial charge in [-0.25, -0.2) is 14.6 Å². The lowest BCUT2D eigenvalue weighted by atomic mass is 9.98. The van der Waals surface area contributed by atoms with Gasteiger partial charge >= 0.3 is 12.1 Å². The molecule has 12 heterocycles. The number of rotatable bonds is 11. The summed E-state index contributed by atoms with van der Waals surface area (Å²) in [7, 11) is 0. The Balaban J connectivity index is 0.000000127. The summed E-state index contributed by atoms with van der Waals surface area (Å²) >= 11 is 1.90. The van der Waals surface area contributed by atoms with E-state index in [9.17, 15) is 40.2 Å². The van der Waals surface area contributed by atoms with Crippen molar-refractivity contribution in [2.24, 2.45) is 27.9 Å². The Kier molecular flexibility index (Phi) is 25.4. The molecule has 4 unspecified atom stereocenters. The molecule has 4 aromatic rings. The summed E-state index contributed by atoms with van der Waals surface area (Å²) in [5, 5.41) is 41.1. The topological polar surface area (TPSA) is 340 Å². The van der Waals surface area contributed by atoms with E-state index in [2.05, 4.69) is 77.5 Å². The number of nitrogens with two attached hydrogens (primary N) is 4. The minimum Gasteiger partial charge on any atom is -0.375 e. The lowest BCUT2D eigenvalue weighted by Crippen LogP contribution is -2.63. The molecule has 0 spiro atoms. The van der Waals surface area contributed by atoms with Crippen molar-refractivity contribution in [3.8, 4) is 24.3 Å². The molecule has 9 N–H and O–H groups in total. The molecule has 28 heteroatoms. The van der Waals surface area contributed by atoms with Gasteiger partial charge in [0.05, 0.1) is 92.0 Å². The third kappa shape index (κ3) is 17.6. The van der Waals surface area contributed by atoms with E-state index in [-0.39, 0.29) is 72.3 Å². The van der Waals surface area contributed by atoms with Crippen LogP contribution in [0.2, 0.25) is 0 Å². The zero-order chi connectivity index (χ0) is 75.2. The molecule has 4 aromatic carbocycles. The predicted molar refractivity (Wildman–Crippen MR) is 411 cm³/mol. The first-order chi connectivity index (χ1) is 52.7. The van der Waals surface area contributed by atoms with Gasteiger partial charge in [-0.05, 0) is 123 Å². The Morgan fingerprint density at radius 2 is 0.917 bits per heavy atom. The molecule has 27 nitrogen and oxygen atoms in total. The number of benzene rings is 4. The van der Waals surface area contributed by atoms with Crippen LogP contribution in [0.25, 0.3) is 0 Å².